The third-order valence-electron chi connectivity index (χ3n) is 6.02. The van der Waals surface area contributed by atoms with Gasteiger partial charge in [-0.2, -0.15) is 0 Å². The molecule has 0 saturated heterocycles. The summed E-state index contributed by atoms with van der Waals surface area (Å²) in [5.41, 5.74) is 2.81. The molecule has 0 amide bonds. The zero-order valence-electron chi connectivity index (χ0n) is 18.3. The van der Waals surface area contributed by atoms with Crippen LogP contribution in [0.5, 0.6) is 11.5 Å². The number of hydrogen-bond donors (Lipinski definition) is 0. The lowest BCUT2D eigenvalue weighted by molar-refractivity contribution is 0.0714. The zero-order valence-corrected chi connectivity index (χ0v) is 18.3. The van der Waals surface area contributed by atoms with Crippen LogP contribution in [-0.4, -0.2) is 45.9 Å². The quantitative estimate of drug-likeness (QED) is 0.539. The maximum atomic E-state index is 5.94. The maximum Gasteiger partial charge on any atom is 0.161 e. The first-order valence-electron chi connectivity index (χ1n) is 10.6. The molecule has 0 N–H and O–H groups in total. The van der Waals surface area contributed by atoms with Gasteiger partial charge in [0.25, 0.3) is 0 Å². The minimum Gasteiger partial charge on any atom is -0.493 e. The van der Waals surface area contributed by atoms with Crippen LogP contribution < -0.4 is 9.47 Å². The Hall–Kier alpha value is -2.04. The first-order valence-corrected chi connectivity index (χ1v) is 10.6. The minimum atomic E-state index is 0.221. The molecule has 2 aromatic carbocycles. The Morgan fingerprint density at radius 3 is 2.34 bits per heavy atom. The summed E-state index contributed by atoms with van der Waals surface area (Å²) in [6.45, 7) is 5.83. The lowest BCUT2D eigenvalue weighted by Crippen LogP contribution is -2.45. The highest BCUT2D eigenvalue weighted by Crippen LogP contribution is 2.46. The Kier molecular flexibility index (Phi) is 7.57. The number of benzene rings is 2. The molecule has 1 aliphatic rings. The van der Waals surface area contributed by atoms with Crippen LogP contribution in [0.15, 0.2) is 48.5 Å². The van der Waals surface area contributed by atoms with Crippen molar-refractivity contribution >= 4 is 0 Å². The Balaban J connectivity index is 1.53. The van der Waals surface area contributed by atoms with Gasteiger partial charge in [0.15, 0.2) is 11.5 Å². The highest BCUT2D eigenvalue weighted by Gasteiger charge is 2.40. The molecule has 158 valence electrons. The van der Waals surface area contributed by atoms with Crippen LogP contribution in [0.4, 0.5) is 0 Å². The topological polar surface area (TPSA) is 30.9 Å². The second-order valence-corrected chi connectivity index (χ2v) is 8.51. The van der Waals surface area contributed by atoms with E-state index in [0.29, 0.717) is 12.5 Å². The highest BCUT2D eigenvalue weighted by molar-refractivity contribution is 5.46. The molecule has 1 unspecified atom stereocenters. The number of methoxy groups -OCH3 is 2. The van der Waals surface area contributed by atoms with E-state index >= 15 is 0 Å². The van der Waals surface area contributed by atoms with Crippen LogP contribution in [0.1, 0.15) is 37.3 Å². The largest absolute Gasteiger partial charge is 0.493 e. The standard InChI is InChI=1S/C25H35NO3/c1-20(17-29-18-21-9-6-5-7-10-21)16-26(2)19-25(13-8-14-25)22-11-12-23(27-3)24(15-22)28-4/h5-7,9-12,15,20H,8,13-14,16-19H2,1-4H3. The molecule has 0 heterocycles. The Labute approximate surface area is 175 Å². The summed E-state index contributed by atoms with van der Waals surface area (Å²) in [5.74, 6) is 2.11. The molecule has 0 aromatic heterocycles. The molecule has 0 spiro atoms. The average Bonchev–Trinajstić information content (AvgIpc) is 2.71. The van der Waals surface area contributed by atoms with Crippen molar-refractivity contribution in [1.82, 2.24) is 4.90 Å². The van der Waals surface area contributed by atoms with Crippen molar-refractivity contribution in [3.63, 3.8) is 0 Å². The van der Waals surface area contributed by atoms with Gasteiger partial charge in [0.05, 0.1) is 27.4 Å². The molecule has 1 saturated carbocycles. The van der Waals surface area contributed by atoms with Gasteiger partial charge in [0, 0.05) is 18.5 Å². The fourth-order valence-electron chi connectivity index (χ4n) is 4.43. The monoisotopic (exact) mass is 397 g/mol. The molecular formula is C25H35NO3. The highest BCUT2D eigenvalue weighted by atomic mass is 16.5. The van der Waals surface area contributed by atoms with Gasteiger partial charge in [-0.05, 0) is 49.1 Å². The van der Waals surface area contributed by atoms with Gasteiger partial charge in [-0.15, -0.1) is 0 Å². The summed E-state index contributed by atoms with van der Waals surface area (Å²) in [5, 5.41) is 0. The Bertz CT molecular complexity index is 758. The van der Waals surface area contributed by atoms with E-state index in [1.165, 1.54) is 30.4 Å². The fourth-order valence-corrected chi connectivity index (χ4v) is 4.43. The van der Waals surface area contributed by atoms with E-state index in [2.05, 4.69) is 55.3 Å². The molecule has 3 rings (SSSR count). The first kappa shape index (κ1) is 21.7. The van der Waals surface area contributed by atoms with Gasteiger partial charge in [-0.3, -0.25) is 0 Å². The van der Waals surface area contributed by atoms with E-state index in [-0.39, 0.29) is 5.41 Å². The fraction of sp³-hybridized carbons (Fsp3) is 0.520. The Morgan fingerprint density at radius 1 is 1.00 bits per heavy atom. The predicted octanol–water partition coefficient (Wildman–Crippen LogP) is 4.91. The van der Waals surface area contributed by atoms with E-state index in [1.807, 2.05) is 12.1 Å². The van der Waals surface area contributed by atoms with Gasteiger partial charge in [0.2, 0.25) is 0 Å². The van der Waals surface area contributed by atoms with Gasteiger partial charge >= 0.3 is 0 Å². The van der Waals surface area contributed by atoms with Crippen molar-refractivity contribution < 1.29 is 14.2 Å². The van der Waals surface area contributed by atoms with Gasteiger partial charge in [-0.25, -0.2) is 0 Å². The lowest BCUT2D eigenvalue weighted by atomic mass is 9.64. The number of ether oxygens (including phenoxy) is 3. The molecular weight excluding hydrogens is 362 g/mol. The third kappa shape index (κ3) is 5.52. The van der Waals surface area contributed by atoms with Crippen molar-refractivity contribution in [2.45, 2.75) is 38.2 Å². The second kappa shape index (κ2) is 10.1. The summed E-state index contributed by atoms with van der Waals surface area (Å²) >= 11 is 0. The van der Waals surface area contributed by atoms with Crippen LogP contribution in [0, 0.1) is 5.92 Å². The molecule has 4 heteroatoms. The van der Waals surface area contributed by atoms with Gasteiger partial charge in [-0.1, -0.05) is 49.7 Å². The molecule has 4 nitrogen and oxygen atoms in total. The molecule has 0 bridgehead atoms. The average molecular weight is 398 g/mol. The van der Waals surface area contributed by atoms with Crippen molar-refractivity contribution in [2.75, 3.05) is 41.0 Å². The molecule has 1 atom stereocenters. The number of rotatable bonds is 11. The van der Waals surface area contributed by atoms with Crippen LogP contribution in [-0.2, 0) is 16.8 Å². The molecule has 1 aliphatic carbocycles. The molecule has 0 aliphatic heterocycles. The van der Waals surface area contributed by atoms with Gasteiger partial charge < -0.3 is 19.1 Å². The van der Waals surface area contributed by atoms with Crippen molar-refractivity contribution in [2.24, 2.45) is 5.92 Å². The van der Waals surface area contributed by atoms with E-state index in [0.717, 1.165) is 31.2 Å². The van der Waals surface area contributed by atoms with Crippen LogP contribution in [0.3, 0.4) is 0 Å². The lowest BCUT2D eigenvalue weighted by Gasteiger charge is -2.45. The summed E-state index contributed by atoms with van der Waals surface area (Å²) in [6, 6.07) is 16.8. The van der Waals surface area contributed by atoms with Crippen LogP contribution in [0.25, 0.3) is 0 Å². The molecule has 29 heavy (non-hydrogen) atoms. The van der Waals surface area contributed by atoms with E-state index in [9.17, 15) is 0 Å². The number of nitrogens with zero attached hydrogens (tertiary/aromatic N) is 1. The molecule has 2 aromatic rings. The summed E-state index contributed by atoms with van der Waals surface area (Å²) < 4.78 is 16.9. The van der Waals surface area contributed by atoms with Crippen molar-refractivity contribution in [3.05, 3.63) is 59.7 Å². The summed E-state index contributed by atoms with van der Waals surface area (Å²) in [6.07, 6.45) is 3.75. The minimum absolute atomic E-state index is 0.221. The zero-order chi connectivity index (χ0) is 20.7. The normalized spacial score (nSPS) is 16.3. The van der Waals surface area contributed by atoms with E-state index in [4.69, 9.17) is 14.2 Å². The molecule has 0 radical (unpaired) electrons. The number of likely N-dealkylation sites (N-methyl/N-ethyl adjacent to an activating group) is 1. The van der Waals surface area contributed by atoms with E-state index < -0.39 is 0 Å². The predicted molar refractivity (Wildman–Crippen MR) is 118 cm³/mol. The Morgan fingerprint density at radius 2 is 1.72 bits per heavy atom. The molecule has 1 fully saturated rings. The van der Waals surface area contributed by atoms with Crippen LogP contribution >= 0.6 is 0 Å². The van der Waals surface area contributed by atoms with Crippen LogP contribution in [0.2, 0.25) is 0 Å². The first-order chi connectivity index (χ1) is 14.1. The summed E-state index contributed by atoms with van der Waals surface area (Å²) in [4.78, 5) is 2.46. The third-order valence-corrected chi connectivity index (χ3v) is 6.02. The SMILES string of the molecule is COc1ccc(C2(CN(C)CC(C)COCc3ccccc3)CCC2)cc1OC. The van der Waals surface area contributed by atoms with Crippen molar-refractivity contribution in [3.8, 4) is 11.5 Å². The van der Waals surface area contributed by atoms with E-state index in [1.54, 1.807) is 14.2 Å². The number of hydrogen-bond acceptors (Lipinski definition) is 4. The summed E-state index contributed by atoms with van der Waals surface area (Å²) in [7, 11) is 5.62. The smallest absolute Gasteiger partial charge is 0.161 e. The maximum absolute atomic E-state index is 5.94. The van der Waals surface area contributed by atoms with Gasteiger partial charge in [0.1, 0.15) is 0 Å². The second-order valence-electron chi connectivity index (χ2n) is 8.51. The van der Waals surface area contributed by atoms with Crippen molar-refractivity contribution in [1.29, 1.82) is 0 Å².